The molecule has 1 aliphatic heterocycles. The lowest BCUT2D eigenvalue weighted by Gasteiger charge is -2.36. The zero-order valence-corrected chi connectivity index (χ0v) is 15.6. The molecule has 4 rings (SSSR count). The molecule has 0 aromatic carbocycles. The van der Waals surface area contributed by atoms with Gasteiger partial charge in [-0.15, -0.1) is 0 Å². The topological polar surface area (TPSA) is 75.9 Å². The molecule has 0 bridgehead atoms. The summed E-state index contributed by atoms with van der Waals surface area (Å²) in [5.41, 5.74) is 0. The van der Waals surface area contributed by atoms with E-state index >= 15 is 0 Å². The van der Waals surface area contributed by atoms with Gasteiger partial charge in [-0.2, -0.15) is 5.10 Å². The van der Waals surface area contributed by atoms with Crippen LogP contribution in [0, 0.1) is 6.92 Å². The van der Waals surface area contributed by atoms with Gasteiger partial charge in [0.05, 0.1) is 0 Å². The molecule has 1 fully saturated rings. The van der Waals surface area contributed by atoms with E-state index in [0.717, 1.165) is 54.6 Å². The minimum atomic E-state index is 0.746. The van der Waals surface area contributed by atoms with Gasteiger partial charge in [-0.25, -0.2) is 24.6 Å². The predicted octanol–water partition coefficient (Wildman–Crippen LogP) is 1.81. The van der Waals surface area contributed by atoms with Crippen LogP contribution in [0.5, 0.6) is 0 Å². The summed E-state index contributed by atoms with van der Waals surface area (Å²) >= 11 is 1.56. The molecule has 1 saturated heterocycles. The molecule has 1 aliphatic rings. The van der Waals surface area contributed by atoms with Crippen molar-refractivity contribution in [2.45, 2.75) is 12.1 Å². The lowest BCUT2D eigenvalue weighted by Crippen LogP contribution is -2.47. The van der Waals surface area contributed by atoms with Crippen LogP contribution in [-0.4, -0.2) is 62.2 Å². The van der Waals surface area contributed by atoms with Gasteiger partial charge in [-0.1, -0.05) is 11.8 Å². The van der Waals surface area contributed by atoms with Crippen molar-refractivity contribution in [1.29, 1.82) is 0 Å². The van der Waals surface area contributed by atoms with E-state index in [2.05, 4.69) is 34.8 Å². The van der Waals surface area contributed by atoms with Crippen molar-refractivity contribution < 1.29 is 0 Å². The fourth-order valence-electron chi connectivity index (χ4n) is 2.99. The van der Waals surface area contributed by atoms with Crippen molar-refractivity contribution in [3.8, 4) is 5.82 Å². The fourth-order valence-corrected chi connectivity index (χ4v) is 3.34. The Kier molecular flexibility index (Phi) is 4.70. The molecule has 0 aliphatic carbocycles. The molecule has 0 saturated carbocycles. The first-order valence-electron chi connectivity index (χ1n) is 8.45. The van der Waals surface area contributed by atoms with Gasteiger partial charge in [0.15, 0.2) is 11.0 Å². The third kappa shape index (κ3) is 3.48. The van der Waals surface area contributed by atoms with Gasteiger partial charge in [0.1, 0.15) is 17.5 Å². The van der Waals surface area contributed by atoms with Gasteiger partial charge in [-0.3, -0.25) is 0 Å². The highest BCUT2D eigenvalue weighted by Crippen LogP contribution is 2.20. The zero-order chi connectivity index (χ0) is 17.9. The van der Waals surface area contributed by atoms with Crippen molar-refractivity contribution in [1.82, 2.24) is 29.7 Å². The van der Waals surface area contributed by atoms with Crippen LogP contribution in [0.1, 0.15) is 5.82 Å². The summed E-state index contributed by atoms with van der Waals surface area (Å²) in [6.07, 6.45) is 7.46. The van der Waals surface area contributed by atoms with Crippen molar-refractivity contribution >= 4 is 23.4 Å². The van der Waals surface area contributed by atoms with E-state index in [1.165, 1.54) is 0 Å². The quantitative estimate of drug-likeness (QED) is 0.510. The Morgan fingerprint density at radius 3 is 2.35 bits per heavy atom. The van der Waals surface area contributed by atoms with Gasteiger partial charge in [-0.05, 0) is 25.3 Å². The number of aryl methyl sites for hydroxylation is 1. The lowest BCUT2D eigenvalue weighted by molar-refractivity contribution is 0.635. The summed E-state index contributed by atoms with van der Waals surface area (Å²) in [7, 11) is 0. The Balaban J connectivity index is 1.49. The summed E-state index contributed by atoms with van der Waals surface area (Å²) in [6.45, 7) is 5.47. The third-order valence-electron chi connectivity index (χ3n) is 4.28. The Labute approximate surface area is 156 Å². The Morgan fingerprint density at radius 1 is 0.923 bits per heavy atom. The standard InChI is InChI=1S/C17H20N8S/c1-13-20-15(12-16(21-13)25-7-3-5-19-25)24-10-8-23(9-11-24)14-4-6-18-17(22-14)26-2/h3-7,12H,8-11H2,1-2H3. The summed E-state index contributed by atoms with van der Waals surface area (Å²) in [5, 5.41) is 5.07. The highest BCUT2D eigenvalue weighted by atomic mass is 32.2. The average Bonchev–Trinajstić information content (AvgIpc) is 3.23. The molecule has 3 aromatic heterocycles. The highest BCUT2D eigenvalue weighted by molar-refractivity contribution is 7.98. The second-order valence-corrected chi connectivity index (χ2v) is 6.73. The van der Waals surface area contributed by atoms with Gasteiger partial charge in [0.2, 0.25) is 0 Å². The van der Waals surface area contributed by atoms with Crippen molar-refractivity contribution in [2.24, 2.45) is 0 Å². The maximum absolute atomic E-state index is 4.62. The monoisotopic (exact) mass is 368 g/mol. The second-order valence-electron chi connectivity index (χ2n) is 5.96. The molecule has 3 aromatic rings. The van der Waals surface area contributed by atoms with E-state index in [0.29, 0.717) is 0 Å². The van der Waals surface area contributed by atoms with E-state index in [1.54, 1.807) is 22.6 Å². The smallest absolute Gasteiger partial charge is 0.189 e. The van der Waals surface area contributed by atoms with Crippen LogP contribution in [0.4, 0.5) is 11.6 Å². The van der Waals surface area contributed by atoms with Crippen LogP contribution in [0.2, 0.25) is 0 Å². The molecule has 4 heterocycles. The minimum absolute atomic E-state index is 0.746. The zero-order valence-electron chi connectivity index (χ0n) is 14.8. The number of piperazine rings is 1. The number of nitrogens with zero attached hydrogens (tertiary/aromatic N) is 8. The molecular formula is C17H20N8S. The maximum atomic E-state index is 4.62. The number of aromatic nitrogens is 6. The largest absolute Gasteiger partial charge is 0.353 e. The maximum Gasteiger partial charge on any atom is 0.189 e. The van der Waals surface area contributed by atoms with Crippen LogP contribution >= 0.6 is 11.8 Å². The second kappa shape index (κ2) is 7.28. The van der Waals surface area contributed by atoms with Crippen LogP contribution in [0.15, 0.2) is 41.9 Å². The van der Waals surface area contributed by atoms with Gasteiger partial charge in [0, 0.05) is 50.8 Å². The fraction of sp³-hybridized carbons (Fsp3) is 0.353. The van der Waals surface area contributed by atoms with Crippen LogP contribution in [-0.2, 0) is 0 Å². The molecule has 0 amide bonds. The molecule has 9 heteroatoms. The Bertz CT molecular complexity index is 874. The molecule has 0 spiro atoms. The van der Waals surface area contributed by atoms with Crippen LogP contribution < -0.4 is 9.80 Å². The van der Waals surface area contributed by atoms with Crippen molar-refractivity contribution in [2.75, 3.05) is 42.2 Å². The number of rotatable bonds is 4. The Morgan fingerprint density at radius 2 is 1.65 bits per heavy atom. The molecule has 134 valence electrons. The SMILES string of the molecule is CSc1nccc(N2CCN(c3cc(-n4cccn4)nc(C)n3)CC2)n1. The van der Waals surface area contributed by atoms with Gasteiger partial charge >= 0.3 is 0 Å². The molecule has 0 radical (unpaired) electrons. The lowest BCUT2D eigenvalue weighted by atomic mass is 10.3. The Hall–Kier alpha value is -2.68. The molecule has 0 atom stereocenters. The van der Waals surface area contributed by atoms with E-state index in [9.17, 15) is 0 Å². The molecule has 26 heavy (non-hydrogen) atoms. The third-order valence-corrected chi connectivity index (χ3v) is 4.84. The normalized spacial score (nSPS) is 14.7. The van der Waals surface area contributed by atoms with E-state index in [1.807, 2.05) is 43.8 Å². The molecule has 0 unspecified atom stereocenters. The van der Waals surface area contributed by atoms with E-state index in [-0.39, 0.29) is 0 Å². The predicted molar refractivity (Wildman–Crippen MR) is 102 cm³/mol. The first-order valence-corrected chi connectivity index (χ1v) is 9.68. The number of hydrogen-bond acceptors (Lipinski definition) is 8. The average molecular weight is 368 g/mol. The van der Waals surface area contributed by atoms with Crippen molar-refractivity contribution in [3.05, 3.63) is 42.6 Å². The first-order chi connectivity index (χ1) is 12.7. The number of hydrogen-bond donors (Lipinski definition) is 0. The van der Waals surface area contributed by atoms with Crippen LogP contribution in [0.25, 0.3) is 5.82 Å². The first kappa shape index (κ1) is 16.8. The molecule has 0 N–H and O–H groups in total. The number of anilines is 2. The van der Waals surface area contributed by atoms with Crippen molar-refractivity contribution in [3.63, 3.8) is 0 Å². The summed E-state index contributed by atoms with van der Waals surface area (Å²) in [4.78, 5) is 22.5. The van der Waals surface area contributed by atoms with Gasteiger partial charge < -0.3 is 9.80 Å². The van der Waals surface area contributed by atoms with E-state index < -0.39 is 0 Å². The summed E-state index contributed by atoms with van der Waals surface area (Å²) in [6, 6.07) is 5.85. The summed E-state index contributed by atoms with van der Waals surface area (Å²) < 4.78 is 1.76. The molecule has 8 nitrogen and oxygen atoms in total. The minimum Gasteiger partial charge on any atom is -0.353 e. The highest BCUT2D eigenvalue weighted by Gasteiger charge is 2.20. The number of thioether (sulfide) groups is 1. The molecular weight excluding hydrogens is 348 g/mol. The summed E-state index contributed by atoms with van der Waals surface area (Å²) in [5.74, 6) is 3.46. The van der Waals surface area contributed by atoms with Crippen LogP contribution in [0.3, 0.4) is 0 Å². The van der Waals surface area contributed by atoms with E-state index in [4.69, 9.17) is 0 Å². The van der Waals surface area contributed by atoms with Gasteiger partial charge in [0.25, 0.3) is 0 Å².